The van der Waals surface area contributed by atoms with Crippen molar-refractivity contribution >= 4 is 17.8 Å². The minimum Gasteiger partial charge on any atom is -0.508 e. The first-order valence-corrected chi connectivity index (χ1v) is 13.8. The van der Waals surface area contributed by atoms with E-state index >= 15 is 0 Å². The molecule has 2 amide bonds. The largest absolute Gasteiger partial charge is 0.508 e. The van der Waals surface area contributed by atoms with Gasteiger partial charge in [0.15, 0.2) is 0 Å². The van der Waals surface area contributed by atoms with Gasteiger partial charge in [-0.25, -0.2) is 4.79 Å². The molecule has 0 aliphatic carbocycles. The molecule has 0 bridgehead atoms. The third kappa shape index (κ3) is 12.6. The second-order valence-corrected chi connectivity index (χ2v) is 10.3. The third-order valence-electron chi connectivity index (χ3n) is 6.21. The van der Waals surface area contributed by atoms with E-state index in [1.54, 1.807) is 18.2 Å². The molecule has 3 rings (SSSR count). The SMILES string of the molecule is CC(C)CC(=O)N(CCc1ccc(O)cc1)Cc1cccc(-c2cccc(C(=O)NCCCN)c2)c1.O=C(O)C(F)(F)F. The van der Waals surface area contributed by atoms with E-state index < -0.39 is 12.1 Å². The normalized spacial score (nSPS) is 11.0. The van der Waals surface area contributed by atoms with Crippen LogP contribution in [-0.4, -0.2) is 58.7 Å². The summed E-state index contributed by atoms with van der Waals surface area (Å²) in [5, 5.41) is 19.6. The van der Waals surface area contributed by atoms with Crippen LogP contribution in [0.1, 0.15) is 48.2 Å². The fourth-order valence-electron chi connectivity index (χ4n) is 4.01. The maximum absolute atomic E-state index is 13.0. The summed E-state index contributed by atoms with van der Waals surface area (Å²) in [5.74, 6) is -2.22. The Morgan fingerprint density at radius 1 is 0.930 bits per heavy atom. The monoisotopic (exact) mass is 601 g/mol. The molecule has 232 valence electrons. The zero-order chi connectivity index (χ0) is 32.0. The number of nitrogens with one attached hydrogen (secondary N) is 1. The van der Waals surface area contributed by atoms with Gasteiger partial charge in [-0.3, -0.25) is 9.59 Å². The van der Waals surface area contributed by atoms with E-state index in [4.69, 9.17) is 15.6 Å². The molecule has 0 aromatic heterocycles. The standard InChI is InChI=1S/C30H37N3O3.C2HF3O2/c1-22(2)18-29(35)33(17-14-23-10-12-28(34)13-11-23)21-24-6-3-7-25(19-24)26-8-4-9-27(20-26)30(36)32-16-5-15-31;3-2(4,5)1(6)7/h3-4,6-13,19-20,22,34H,5,14-18,21,31H2,1-2H3,(H,32,36);(H,6,7). The first kappa shape index (κ1) is 34.8. The molecular weight excluding hydrogens is 563 g/mol. The molecule has 0 atom stereocenters. The summed E-state index contributed by atoms with van der Waals surface area (Å²) in [5.41, 5.74) is 10.2. The highest BCUT2D eigenvalue weighted by Gasteiger charge is 2.38. The van der Waals surface area contributed by atoms with E-state index in [0.29, 0.717) is 44.6 Å². The molecule has 0 heterocycles. The number of hydrogen-bond donors (Lipinski definition) is 4. The lowest BCUT2D eigenvalue weighted by molar-refractivity contribution is -0.192. The Morgan fingerprint density at radius 3 is 2.12 bits per heavy atom. The number of phenols is 1. The highest BCUT2D eigenvalue weighted by atomic mass is 19.4. The van der Waals surface area contributed by atoms with Crippen LogP contribution in [0, 0.1) is 5.92 Å². The van der Waals surface area contributed by atoms with E-state index in [0.717, 1.165) is 28.7 Å². The quantitative estimate of drug-likeness (QED) is 0.206. The van der Waals surface area contributed by atoms with Gasteiger partial charge in [0.05, 0.1) is 0 Å². The number of alkyl halides is 3. The zero-order valence-electron chi connectivity index (χ0n) is 24.2. The second kappa shape index (κ2) is 16.9. The van der Waals surface area contributed by atoms with E-state index in [1.807, 2.05) is 53.4 Å². The summed E-state index contributed by atoms with van der Waals surface area (Å²) in [7, 11) is 0. The van der Waals surface area contributed by atoms with E-state index in [1.165, 1.54) is 0 Å². The predicted molar refractivity (Wildman–Crippen MR) is 158 cm³/mol. The van der Waals surface area contributed by atoms with Gasteiger partial charge < -0.3 is 26.2 Å². The minimum atomic E-state index is -5.08. The summed E-state index contributed by atoms with van der Waals surface area (Å²) in [4.78, 5) is 36.3. The number of aliphatic carboxylic acids is 1. The number of aromatic hydroxyl groups is 1. The van der Waals surface area contributed by atoms with E-state index in [2.05, 4.69) is 25.2 Å². The van der Waals surface area contributed by atoms with Crippen molar-refractivity contribution in [2.45, 2.75) is 45.8 Å². The van der Waals surface area contributed by atoms with Crippen LogP contribution in [0.25, 0.3) is 11.1 Å². The average molecular weight is 602 g/mol. The van der Waals surface area contributed by atoms with Gasteiger partial charge in [0.1, 0.15) is 5.75 Å². The highest BCUT2D eigenvalue weighted by molar-refractivity contribution is 5.95. The number of carboxylic acids is 1. The molecule has 0 spiro atoms. The number of nitrogens with two attached hydrogens (primary N) is 1. The molecule has 0 fully saturated rings. The number of halogens is 3. The molecule has 0 aliphatic rings. The number of amides is 2. The first-order chi connectivity index (χ1) is 20.3. The van der Waals surface area contributed by atoms with Crippen molar-refractivity contribution in [3.8, 4) is 16.9 Å². The Bertz CT molecular complexity index is 1340. The van der Waals surface area contributed by atoms with Gasteiger partial charge in [0, 0.05) is 31.6 Å². The van der Waals surface area contributed by atoms with Crippen molar-refractivity contribution in [2.24, 2.45) is 11.7 Å². The molecule has 5 N–H and O–H groups in total. The van der Waals surface area contributed by atoms with Crippen LogP contribution in [0.2, 0.25) is 0 Å². The molecule has 8 nitrogen and oxygen atoms in total. The van der Waals surface area contributed by atoms with Crippen LogP contribution in [0.4, 0.5) is 13.2 Å². The number of carbonyl (C=O) groups is 3. The maximum atomic E-state index is 13.0. The van der Waals surface area contributed by atoms with E-state index in [9.17, 15) is 27.9 Å². The Labute approximate surface area is 249 Å². The van der Waals surface area contributed by atoms with Gasteiger partial charge in [0.2, 0.25) is 5.91 Å². The fraction of sp³-hybridized carbons (Fsp3) is 0.344. The third-order valence-corrected chi connectivity index (χ3v) is 6.21. The van der Waals surface area contributed by atoms with Crippen molar-refractivity contribution in [3.05, 3.63) is 89.5 Å². The van der Waals surface area contributed by atoms with Gasteiger partial charge in [-0.1, -0.05) is 56.3 Å². The molecule has 43 heavy (non-hydrogen) atoms. The van der Waals surface area contributed by atoms with Crippen molar-refractivity contribution in [1.29, 1.82) is 0 Å². The predicted octanol–water partition coefficient (Wildman–Crippen LogP) is 5.39. The van der Waals surface area contributed by atoms with Crippen LogP contribution in [0.5, 0.6) is 5.75 Å². The number of hydrogen-bond acceptors (Lipinski definition) is 5. The molecule has 3 aromatic carbocycles. The molecule has 0 unspecified atom stereocenters. The van der Waals surface area contributed by atoms with Crippen LogP contribution in [-0.2, 0) is 22.6 Å². The number of rotatable bonds is 12. The highest BCUT2D eigenvalue weighted by Crippen LogP contribution is 2.23. The lowest BCUT2D eigenvalue weighted by Gasteiger charge is -2.24. The molecule has 11 heteroatoms. The molecule has 0 aliphatic heterocycles. The molecule has 0 radical (unpaired) electrons. The van der Waals surface area contributed by atoms with Gasteiger partial charge >= 0.3 is 12.1 Å². The van der Waals surface area contributed by atoms with Gasteiger partial charge in [-0.2, -0.15) is 13.2 Å². The number of nitrogens with zero attached hydrogens (tertiary/aromatic N) is 1. The number of phenolic OH excluding ortho intramolecular Hbond substituents is 1. The Hall–Kier alpha value is -4.38. The summed E-state index contributed by atoms with van der Waals surface area (Å²) in [6.07, 6.45) is -3.13. The van der Waals surface area contributed by atoms with Gasteiger partial charge in [0.25, 0.3) is 5.91 Å². The molecule has 3 aromatic rings. The van der Waals surface area contributed by atoms with Crippen molar-refractivity contribution in [3.63, 3.8) is 0 Å². The van der Waals surface area contributed by atoms with Crippen LogP contribution < -0.4 is 11.1 Å². The molecular formula is C32H38F3N3O5. The topological polar surface area (TPSA) is 133 Å². The van der Waals surface area contributed by atoms with E-state index in [-0.39, 0.29) is 23.5 Å². The Morgan fingerprint density at radius 2 is 1.53 bits per heavy atom. The fourth-order valence-corrected chi connectivity index (χ4v) is 4.01. The van der Waals surface area contributed by atoms with Crippen LogP contribution in [0.3, 0.4) is 0 Å². The molecule has 0 saturated carbocycles. The van der Waals surface area contributed by atoms with Crippen molar-refractivity contribution in [2.75, 3.05) is 19.6 Å². The van der Waals surface area contributed by atoms with Crippen molar-refractivity contribution in [1.82, 2.24) is 10.2 Å². The number of carbonyl (C=O) groups excluding carboxylic acids is 2. The van der Waals surface area contributed by atoms with Crippen LogP contribution >= 0.6 is 0 Å². The Kier molecular flexibility index (Phi) is 13.7. The summed E-state index contributed by atoms with van der Waals surface area (Å²) in [6, 6.07) is 22.8. The minimum absolute atomic E-state index is 0.110. The first-order valence-electron chi connectivity index (χ1n) is 13.8. The van der Waals surface area contributed by atoms with Gasteiger partial charge in [-0.05, 0) is 77.9 Å². The maximum Gasteiger partial charge on any atom is 0.490 e. The zero-order valence-corrected chi connectivity index (χ0v) is 24.2. The summed E-state index contributed by atoms with van der Waals surface area (Å²) >= 11 is 0. The number of carboxylic acid groups (broad SMARTS) is 1. The Balaban J connectivity index is 0.000000821. The smallest absolute Gasteiger partial charge is 0.490 e. The lowest BCUT2D eigenvalue weighted by atomic mass is 10.00. The second-order valence-electron chi connectivity index (χ2n) is 10.3. The molecule has 0 saturated heterocycles. The average Bonchev–Trinajstić information content (AvgIpc) is 2.96. The number of benzene rings is 3. The van der Waals surface area contributed by atoms with Crippen molar-refractivity contribution < 1.29 is 37.8 Å². The van der Waals surface area contributed by atoms with Gasteiger partial charge in [-0.15, -0.1) is 0 Å². The summed E-state index contributed by atoms with van der Waals surface area (Å²) < 4.78 is 31.7. The lowest BCUT2D eigenvalue weighted by Crippen LogP contribution is -2.33. The van der Waals surface area contributed by atoms with Crippen LogP contribution in [0.15, 0.2) is 72.8 Å². The summed E-state index contributed by atoms with van der Waals surface area (Å²) in [6.45, 7) is 6.31.